The van der Waals surface area contributed by atoms with Crippen LogP contribution in [0.4, 0.5) is 11.4 Å². The Labute approximate surface area is 384 Å². The number of furan rings is 1. The van der Waals surface area contributed by atoms with E-state index in [0.29, 0.717) is 0 Å². The molecule has 4 heteroatoms. The lowest BCUT2D eigenvalue weighted by atomic mass is 9.43. The average Bonchev–Trinajstić information content (AvgIpc) is 3.89. The zero-order valence-corrected chi connectivity index (χ0v) is 40.3. The van der Waals surface area contributed by atoms with Crippen LogP contribution in [-0.2, 0) is 27.1 Å². The number of aromatic nitrogens is 1. The highest BCUT2D eigenvalue weighted by Crippen LogP contribution is 2.57. The third kappa shape index (κ3) is 5.04. The van der Waals surface area contributed by atoms with Crippen molar-refractivity contribution >= 4 is 72.9 Å². The summed E-state index contributed by atoms with van der Waals surface area (Å²) >= 11 is 0. The molecule has 7 aromatic carbocycles. The van der Waals surface area contributed by atoms with E-state index in [1.807, 2.05) is 0 Å². The smallest absolute Gasteiger partial charge is 0.333 e. The van der Waals surface area contributed by atoms with Gasteiger partial charge in [0.2, 0.25) is 0 Å². The normalized spacial score (nSPS) is 17.4. The van der Waals surface area contributed by atoms with E-state index >= 15 is 0 Å². The van der Waals surface area contributed by atoms with E-state index in [1.165, 1.54) is 123 Å². The molecule has 4 heterocycles. The van der Waals surface area contributed by atoms with Crippen LogP contribution in [0, 0.1) is 0 Å². The van der Waals surface area contributed by atoms with E-state index in [-0.39, 0.29) is 33.9 Å². The maximum absolute atomic E-state index is 7.33. The minimum atomic E-state index is -0.169. The summed E-state index contributed by atoms with van der Waals surface area (Å²) in [6.45, 7) is 28.6. The Hall–Kier alpha value is -6.00. The van der Waals surface area contributed by atoms with Gasteiger partial charge in [-0.1, -0.05) is 150 Å². The van der Waals surface area contributed by atoms with Gasteiger partial charge in [0.05, 0.1) is 16.4 Å². The van der Waals surface area contributed by atoms with Crippen LogP contribution < -0.4 is 15.7 Å². The summed E-state index contributed by atoms with van der Waals surface area (Å²) in [6.07, 6.45) is 2.33. The molecule has 0 N–H and O–H groups in total. The molecule has 0 fully saturated rings. The van der Waals surface area contributed by atoms with Gasteiger partial charge in [-0.05, 0) is 144 Å². The summed E-state index contributed by atoms with van der Waals surface area (Å²) in [5, 5.41) is 4.95. The van der Waals surface area contributed by atoms with Crippen molar-refractivity contribution in [3.05, 3.63) is 149 Å². The quantitative estimate of drug-likeness (QED) is 0.154. The van der Waals surface area contributed by atoms with Gasteiger partial charge in [-0.15, -0.1) is 0 Å². The Morgan fingerprint density at radius 1 is 0.554 bits per heavy atom. The van der Waals surface area contributed by atoms with Crippen molar-refractivity contribution in [1.82, 2.24) is 4.57 Å². The van der Waals surface area contributed by atoms with E-state index in [1.54, 1.807) is 0 Å². The van der Waals surface area contributed by atoms with Crippen molar-refractivity contribution in [1.29, 1.82) is 0 Å². The summed E-state index contributed by atoms with van der Waals surface area (Å²) in [4.78, 5) is 2.73. The van der Waals surface area contributed by atoms with Crippen LogP contribution >= 0.6 is 0 Å². The van der Waals surface area contributed by atoms with Crippen molar-refractivity contribution in [3.63, 3.8) is 0 Å². The fraction of sp³-hybridized carbons (Fsp3) is 0.311. The molecule has 322 valence electrons. The average molecular weight is 847 g/mol. The first-order valence-electron chi connectivity index (χ1n) is 24.1. The SMILES string of the molecule is CC(C)(C)c1ccc(N2B3c4cc(C(C)(C)C)ccc4-n4c5cc6c(cc5c5c7oc8ccccc8c7c(c3c54)-c3cc4c(cc32)-c2ccccc2C4(C)C)C(C)(C)CCC6(C)C)cc1. The molecule has 2 aromatic heterocycles. The molecular weight excluding hydrogens is 787 g/mol. The maximum atomic E-state index is 7.33. The van der Waals surface area contributed by atoms with Gasteiger partial charge >= 0.3 is 6.85 Å². The summed E-state index contributed by atoms with van der Waals surface area (Å²) in [6, 6.07) is 45.2. The van der Waals surface area contributed by atoms with E-state index in [0.717, 1.165) is 17.6 Å². The molecule has 13 rings (SSSR count). The first kappa shape index (κ1) is 39.4. The lowest BCUT2D eigenvalue weighted by Crippen LogP contribution is -2.60. The molecule has 3 nitrogen and oxygen atoms in total. The van der Waals surface area contributed by atoms with Crippen molar-refractivity contribution in [3.8, 4) is 27.9 Å². The molecule has 2 aliphatic carbocycles. The molecule has 4 aliphatic rings. The fourth-order valence-electron chi connectivity index (χ4n) is 12.9. The van der Waals surface area contributed by atoms with Crippen LogP contribution in [0.2, 0.25) is 0 Å². The van der Waals surface area contributed by atoms with Gasteiger partial charge in [-0.2, -0.15) is 0 Å². The third-order valence-corrected chi connectivity index (χ3v) is 16.7. The van der Waals surface area contributed by atoms with Gasteiger partial charge in [0.1, 0.15) is 11.2 Å². The van der Waals surface area contributed by atoms with Gasteiger partial charge in [0, 0.05) is 44.2 Å². The van der Waals surface area contributed by atoms with Gasteiger partial charge < -0.3 is 13.8 Å². The number of hydrogen-bond donors (Lipinski definition) is 0. The minimum Gasteiger partial charge on any atom is -0.455 e. The highest BCUT2D eigenvalue weighted by molar-refractivity contribution is 6.94. The number of para-hydroxylation sites is 1. The number of fused-ring (bicyclic) bond motifs is 17. The zero-order chi connectivity index (χ0) is 45.1. The Morgan fingerprint density at radius 2 is 1.22 bits per heavy atom. The van der Waals surface area contributed by atoms with Crippen LogP contribution in [0.5, 0.6) is 0 Å². The molecule has 0 unspecified atom stereocenters. The Balaban J connectivity index is 1.28. The Morgan fingerprint density at radius 3 is 1.94 bits per heavy atom. The standard InChI is InChI=1S/C61H59BN2O/c1-57(2,3)34-21-24-36(25-22-34)64-49-32-39-37-17-13-15-19-42(37)61(11,12)43(39)30-41(49)51-52-38-18-14-16-20-50(38)65-56(52)53-40-31-44-45(60(9,10)28-27-59(44,7)8)33-48(40)63-47-26-23-35(58(4,5)6)29-46(47)62(64)54(51)55(53)63/h13-26,29-33H,27-28H2,1-12H3. The molecule has 0 bridgehead atoms. The molecule has 65 heavy (non-hydrogen) atoms. The van der Waals surface area contributed by atoms with Crippen molar-refractivity contribution in [2.75, 3.05) is 4.81 Å². The van der Waals surface area contributed by atoms with E-state index in [2.05, 4.69) is 208 Å². The molecular formula is C61H59BN2O. The lowest BCUT2D eigenvalue weighted by Gasteiger charge is -2.43. The Bertz CT molecular complexity index is 3600. The summed E-state index contributed by atoms with van der Waals surface area (Å²) in [5.74, 6) is 0. The molecule has 0 amide bonds. The maximum Gasteiger partial charge on any atom is 0.333 e. The first-order valence-corrected chi connectivity index (χ1v) is 24.1. The number of rotatable bonds is 1. The van der Waals surface area contributed by atoms with Crippen LogP contribution in [0.1, 0.15) is 129 Å². The molecule has 2 aliphatic heterocycles. The van der Waals surface area contributed by atoms with E-state index < -0.39 is 0 Å². The predicted octanol–water partition coefficient (Wildman–Crippen LogP) is 15.2. The lowest BCUT2D eigenvalue weighted by molar-refractivity contribution is 0.332. The first-order chi connectivity index (χ1) is 30.8. The van der Waals surface area contributed by atoms with Crippen LogP contribution in [0.15, 0.2) is 120 Å². The van der Waals surface area contributed by atoms with Crippen molar-refractivity contribution < 1.29 is 4.42 Å². The molecule has 0 saturated heterocycles. The van der Waals surface area contributed by atoms with Gasteiger partial charge in [-0.25, -0.2) is 0 Å². The summed E-state index contributed by atoms with van der Waals surface area (Å²) in [7, 11) is 0. The van der Waals surface area contributed by atoms with Gasteiger partial charge in [0.25, 0.3) is 0 Å². The monoisotopic (exact) mass is 846 g/mol. The second-order valence-electron chi connectivity index (χ2n) is 24.0. The highest BCUT2D eigenvalue weighted by atomic mass is 16.3. The third-order valence-electron chi connectivity index (χ3n) is 16.7. The van der Waals surface area contributed by atoms with Gasteiger partial charge in [0.15, 0.2) is 0 Å². The van der Waals surface area contributed by atoms with Crippen LogP contribution in [0.3, 0.4) is 0 Å². The van der Waals surface area contributed by atoms with Gasteiger partial charge in [-0.3, -0.25) is 0 Å². The second kappa shape index (κ2) is 12.3. The topological polar surface area (TPSA) is 21.3 Å². The number of benzene rings is 7. The summed E-state index contributed by atoms with van der Waals surface area (Å²) in [5.41, 5.74) is 24.6. The highest BCUT2D eigenvalue weighted by Gasteiger charge is 2.48. The van der Waals surface area contributed by atoms with E-state index in [9.17, 15) is 0 Å². The van der Waals surface area contributed by atoms with Crippen molar-refractivity contribution in [2.45, 2.75) is 123 Å². The summed E-state index contributed by atoms with van der Waals surface area (Å²) < 4.78 is 10.0. The minimum absolute atomic E-state index is 0.0312. The zero-order valence-electron chi connectivity index (χ0n) is 40.3. The Kier molecular flexibility index (Phi) is 7.43. The number of anilines is 2. The number of hydrogen-bond acceptors (Lipinski definition) is 2. The molecule has 0 spiro atoms. The largest absolute Gasteiger partial charge is 0.455 e. The van der Waals surface area contributed by atoms with E-state index in [4.69, 9.17) is 4.42 Å². The second-order valence-corrected chi connectivity index (χ2v) is 24.0. The molecule has 0 atom stereocenters. The fourth-order valence-corrected chi connectivity index (χ4v) is 12.9. The van der Waals surface area contributed by atoms with Crippen LogP contribution in [-0.4, -0.2) is 11.4 Å². The molecule has 0 radical (unpaired) electrons. The van der Waals surface area contributed by atoms with Crippen molar-refractivity contribution in [2.24, 2.45) is 0 Å². The molecule has 9 aromatic rings. The molecule has 0 saturated carbocycles. The predicted molar refractivity (Wildman–Crippen MR) is 277 cm³/mol. The van der Waals surface area contributed by atoms with Crippen LogP contribution in [0.25, 0.3) is 71.7 Å². The number of nitrogens with zero attached hydrogens (tertiary/aromatic N) is 2.